The van der Waals surface area contributed by atoms with Crippen molar-refractivity contribution in [1.82, 2.24) is 10.2 Å². The molecule has 1 aromatic rings. The summed E-state index contributed by atoms with van der Waals surface area (Å²) in [5.74, 6) is -0.656. The second-order valence-corrected chi connectivity index (χ2v) is 6.63. The molecule has 0 saturated carbocycles. The maximum absolute atomic E-state index is 12.7. The van der Waals surface area contributed by atoms with E-state index in [1.54, 1.807) is 0 Å². The molecule has 5 nitrogen and oxygen atoms in total. The van der Waals surface area contributed by atoms with E-state index in [1.165, 1.54) is 6.42 Å². The lowest BCUT2D eigenvalue weighted by molar-refractivity contribution is -0.137. The van der Waals surface area contributed by atoms with Gasteiger partial charge in [0.05, 0.1) is 6.04 Å². The second kappa shape index (κ2) is 9.37. The zero-order valence-electron chi connectivity index (χ0n) is 15.0. The minimum atomic E-state index is -0.820. The lowest BCUT2D eigenvalue weighted by Gasteiger charge is -2.30. The summed E-state index contributed by atoms with van der Waals surface area (Å²) in [6.07, 6.45) is 4.50. The lowest BCUT2D eigenvalue weighted by atomic mass is 9.97. The Hall–Kier alpha value is -2.14. The minimum absolute atomic E-state index is 0.0790. The largest absolute Gasteiger partial charge is 0.481 e. The van der Waals surface area contributed by atoms with Gasteiger partial charge < -0.3 is 15.3 Å². The summed E-state index contributed by atoms with van der Waals surface area (Å²) in [7, 11) is 1.82. The van der Waals surface area contributed by atoms with Crippen molar-refractivity contribution in [3.05, 3.63) is 42.0 Å². The van der Waals surface area contributed by atoms with E-state index in [2.05, 4.69) is 11.9 Å². The van der Waals surface area contributed by atoms with E-state index in [0.717, 1.165) is 42.6 Å². The van der Waals surface area contributed by atoms with Crippen molar-refractivity contribution >= 4 is 17.4 Å². The van der Waals surface area contributed by atoms with E-state index in [-0.39, 0.29) is 18.4 Å². The number of amides is 1. The van der Waals surface area contributed by atoms with Crippen LogP contribution in [0.1, 0.15) is 43.2 Å². The fraction of sp³-hybridized carbons (Fsp3) is 0.500. The standard InChI is InChI=1S/C20H28N2O3/c1-15(9-10-19(23)24)17-8-6-7-16(13-17)14-18(21-2)20(25)22-11-4-3-5-12-22/h6-8,13,18,21H,1,3-5,9-12,14H2,2H3,(H,23,24). The molecule has 1 aliphatic rings. The van der Waals surface area contributed by atoms with Crippen LogP contribution < -0.4 is 5.32 Å². The maximum Gasteiger partial charge on any atom is 0.303 e. The predicted octanol–water partition coefficient (Wildman–Crippen LogP) is 2.71. The zero-order valence-corrected chi connectivity index (χ0v) is 15.0. The smallest absolute Gasteiger partial charge is 0.303 e. The van der Waals surface area contributed by atoms with Crippen molar-refractivity contribution in [2.75, 3.05) is 20.1 Å². The molecular weight excluding hydrogens is 316 g/mol. The van der Waals surface area contributed by atoms with Gasteiger partial charge in [-0.05, 0) is 55.9 Å². The Morgan fingerprint density at radius 1 is 1.24 bits per heavy atom. The molecule has 136 valence electrons. The number of carboxylic acids is 1. The Morgan fingerprint density at radius 2 is 1.96 bits per heavy atom. The van der Waals surface area contributed by atoms with Gasteiger partial charge in [-0.2, -0.15) is 0 Å². The first-order valence-electron chi connectivity index (χ1n) is 8.96. The van der Waals surface area contributed by atoms with E-state index < -0.39 is 5.97 Å². The Morgan fingerprint density at radius 3 is 2.60 bits per heavy atom. The summed E-state index contributed by atoms with van der Waals surface area (Å²) in [5.41, 5.74) is 2.81. The average molecular weight is 344 g/mol. The number of carbonyl (C=O) groups is 2. The minimum Gasteiger partial charge on any atom is -0.481 e. The Kier molecular flexibility index (Phi) is 7.19. The third-order valence-corrected chi connectivity index (χ3v) is 4.73. The summed E-state index contributed by atoms with van der Waals surface area (Å²) < 4.78 is 0. The normalized spacial score (nSPS) is 15.6. The molecule has 0 spiro atoms. The number of nitrogens with one attached hydrogen (secondary N) is 1. The molecule has 1 atom stereocenters. The molecule has 1 aliphatic heterocycles. The fourth-order valence-corrected chi connectivity index (χ4v) is 3.20. The highest BCUT2D eigenvalue weighted by Gasteiger charge is 2.24. The van der Waals surface area contributed by atoms with Gasteiger partial charge in [-0.3, -0.25) is 9.59 Å². The van der Waals surface area contributed by atoms with Crippen LogP contribution in [0.2, 0.25) is 0 Å². The molecule has 1 aromatic carbocycles. The molecule has 5 heteroatoms. The maximum atomic E-state index is 12.7. The topological polar surface area (TPSA) is 69.6 Å². The van der Waals surface area contributed by atoms with E-state index in [9.17, 15) is 9.59 Å². The van der Waals surface area contributed by atoms with Crippen LogP contribution in [0.4, 0.5) is 0 Å². The van der Waals surface area contributed by atoms with Gasteiger partial charge in [0.25, 0.3) is 0 Å². The number of carboxylic acid groups (broad SMARTS) is 1. The number of likely N-dealkylation sites (N-methyl/N-ethyl adjacent to an activating group) is 1. The van der Waals surface area contributed by atoms with Crippen molar-refractivity contribution in [3.63, 3.8) is 0 Å². The quantitative estimate of drug-likeness (QED) is 0.761. The first kappa shape index (κ1) is 19.2. The Labute approximate surface area is 149 Å². The number of rotatable bonds is 8. The molecule has 1 fully saturated rings. The molecular formula is C20H28N2O3. The van der Waals surface area contributed by atoms with Crippen molar-refractivity contribution in [3.8, 4) is 0 Å². The molecule has 0 aliphatic carbocycles. The summed E-state index contributed by atoms with van der Waals surface area (Å²) >= 11 is 0. The highest BCUT2D eigenvalue weighted by molar-refractivity contribution is 5.82. The number of piperidine rings is 1. The van der Waals surface area contributed by atoms with E-state index >= 15 is 0 Å². The Balaban J connectivity index is 2.02. The Bertz CT molecular complexity index is 621. The van der Waals surface area contributed by atoms with Gasteiger partial charge in [0, 0.05) is 19.5 Å². The van der Waals surface area contributed by atoms with Crippen LogP contribution in [0.5, 0.6) is 0 Å². The number of aliphatic carboxylic acids is 1. The third kappa shape index (κ3) is 5.71. The SMILES string of the molecule is C=C(CCC(=O)O)c1cccc(CC(NC)C(=O)N2CCCCC2)c1. The third-order valence-electron chi connectivity index (χ3n) is 4.73. The predicted molar refractivity (Wildman–Crippen MR) is 99.3 cm³/mol. The van der Waals surface area contributed by atoms with Gasteiger partial charge >= 0.3 is 5.97 Å². The van der Waals surface area contributed by atoms with E-state index in [1.807, 2.05) is 36.2 Å². The molecule has 0 radical (unpaired) electrons. The van der Waals surface area contributed by atoms with Crippen molar-refractivity contribution in [2.24, 2.45) is 0 Å². The number of carbonyl (C=O) groups excluding carboxylic acids is 1. The van der Waals surface area contributed by atoms with Crippen LogP contribution in [-0.4, -0.2) is 48.1 Å². The van der Waals surface area contributed by atoms with E-state index in [0.29, 0.717) is 12.8 Å². The van der Waals surface area contributed by atoms with E-state index in [4.69, 9.17) is 5.11 Å². The number of hydrogen-bond acceptors (Lipinski definition) is 3. The molecule has 2 N–H and O–H groups in total. The lowest BCUT2D eigenvalue weighted by Crippen LogP contribution is -2.48. The summed E-state index contributed by atoms with van der Waals surface area (Å²) in [6.45, 7) is 5.69. The van der Waals surface area contributed by atoms with Crippen molar-refractivity contribution in [2.45, 2.75) is 44.6 Å². The molecule has 1 saturated heterocycles. The van der Waals surface area contributed by atoms with Crippen LogP contribution in [0.15, 0.2) is 30.8 Å². The highest BCUT2D eigenvalue weighted by Crippen LogP contribution is 2.20. The molecule has 2 rings (SSSR count). The number of benzene rings is 1. The average Bonchev–Trinajstić information content (AvgIpc) is 2.64. The molecule has 0 aromatic heterocycles. The van der Waals surface area contributed by atoms with Gasteiger partial charge in [-0.25, -0.2) is 0 Å². The van der Waals surface area contributed by atoms with Gasteiger partial charge in [-0.1, -0.05) is 30.8 Å². The van der Waals surface area contributed by atoms with Gasteiger partial charge in [0.2, 0.25) is 5.91 Å². The monoisotopic (exact) mass is 344 g/mol. The van der Waals surface area contributed by atoms with Crippen molar-refractivity contribution < 1.29 is 14.7 Å². The summed E-state index contributed by atoms with van der Waals surface area (Å²) in [4.78, 5) is 25.4. The zero-order chi connectivity index (χ0) is 18.2. The van der Waals surface area contributed by atoms with Crippen LogP contribution in [-0.2, 0) is 16.0 Å². The first-order chi connectivity index (χ1) is 12.0. The number of likely N-dealkylation sites (tertiary alicyclic amines) is 1. The fourth-order valence-electron chi connectivity index (χ4n) is 3.20. The van der Waals surface area contributed by atoms with Gasteiger partial charge in [0.1, 0.15) is 0 Å². The van der Waals surface area contributed by atoms with Crippen molar-refractivity contribution in [1.29, 1.82) is 0 Å². The first-order valence-corrected chi connectivity index (χ1v) is 8.96. The molecule has 0 bridgehead atoms. The van der Waals surface area contributed by atoms with Crippen LogP contribution in [0, 0.1) is 0 Å². The summed E-state index contributed by atoms with van der Waals surface area (Å²) in [5, 5.41) is 12.0. The number of nitrogens with zero attached hydrogens (tertiary/aromatic N) is 1. The molecule has 1 amide bonds. The summed E-state index contributed by atoms with van der Waals surface area (Å²) in [6, 6.07) is 7.66. The number of hydrogen-bond donors (Lipinski definition) is 2. The molecule has 1 heterocycles. The van der Waals surface area contributed by atoms with Crippen LogP contribution in [0.25, 0.3) is 5.57 Å². The molecule has 1 unspecified atom stereocenters. The second-order valence-electron chi connectivity index (χ2n) is 6.63. The highest BCUT2D eigenvalue weighted by atomic mass is 16.4. The van der Waals surface area contributed by atoms with Crippen LogP contribution in [0.3, 0.4) is 0 Å². The number of allylic oxidation sites excluding steroid dienone is 1. The van der Waals surface area contributed by atoms with Gasteiger partial charge in [0.15, 0.2) is 0 Å². The van der Waals surface area contributed by atoms with Crippen LogP contribution >= 0.6 is 0 Å². The molecule has 25 heavy (non-hydrogen) atoms. The van der Waals surface area contributed by atoms with Gasteiger partial charge in [-0.15, -0.1) is 0 Å².